The second-order valence-corrected chi connectivity index (χ2v) is 20.3. The van der Waals surface area contributed by atoms with Gasteiger partial charge < -0.3 is 24.8 Å². The summed E-state index contributed by atoms with van der Waals surface area (Å²) in [6, 6.07) is 51.2. The Morgan fingerprint density at radius 3 is 1.29 bits per heavy atom. The molecule has 2 unspecified atom stereocenters. The van der Waals surface area contributed by atoms with Crippen molar-refractivity contribution < 1.29 is 50.8 Å². The Labute approximate surface area is 452 Å². The van der Waals surface area contributed by atoms with E-state index in [1.807, 2.05) is 121 Å². The first-order valence-electron chi connectivity index (χ1n) is 25.1. The second kappa shape index (κ2) is 26.0. The van der Waals surface area contributed by atoms with Crippen molar-refractivity contribution in [1.82, 2.24) is 20.4 Å². The Morgan fingerprint density at radius 1 is 0.564 bits per heavy atom. The number of rotatable bonds is 17. The van der Waals surface area contributed by atoms with E-state index < -0.39 is 40.2 Å². The van der Waals surface area contributed by atoms with Crippen LogP contribution in [0.5, 0.6) is 0 Å². The molecular formula is C58H60N8O11S. The molecule has 19 nitrogen and oxygen atoms in total. The van der Waals surface area contributed by atoms with E-state index in [-0.39, 0.29) is 55.3 Å². The predicted octanol–water partition coefficient (Wildman–Crippen LogP) is 6.34. The zero-order chi connectivity index (χ0) is 55.2. The fraction of sp³-hybridized carbons (Fsp3) is 0.259. The van der Waals surface area contributed by atoms with E-state index in [1.165, 1.54) is 12.0 Å². The molecule has 9 rings (SSSR count). The van der Waals surface area contributed by atoms with Gasteiger partial charge in [-0.3, -0.25) is 49.0 Å². The number of anilines is 2. The maximum Gasteiger partial charge on any atom is 0.414 e. The molecule has 78 heavy (non-hydrogen) atoms. The van der Waals surface area contributed by atoms with E-state index in [0.717, 1.165) is 54.7 Å². The Morgan fingerprint density at radius 2 is 0.923 bits per heavy atom. The summed E-state index contributed by atoms with van der Waals surface area (Å²) in [5.41, 5.74) is 5.47. The first-order valence-corrected chi connectivity index (χ1v) is 27.0. The number of nitrogens with zero attached hydrogens (tertiary/aromatic N) is 4. The molecule has 4 N–H and O–H groups in total. The molecule has 0 bridgehead atoms. The summed E-state index contributed by atoms with van der Waals surface area (Å²) < 4.78 is 42.6. The normalized spacial score (nSPS) is 16.7. The topological polar surface area (TPSA) is 241 Å². The van der Waals surface area contributed by atoms with Gasteiger partial charge in [0.2, 0.25) is 11.8 Å². The molecule has 3 aliphatic heterocycles. The third-order valence-corrected chi connectivity index (χ3v) is 13.8. The number of benzene rings is 6. The van der Waals surface area contributed by atoms with Crippen molar-refractivity contribution >= 4 is 63.1 Å². The fourth-order valence-electron chi connectivity index (χ4n) is 9.23. The van der Waals surface area contributed by atoms with Gasteiger partial charge in [-0.2, -0.15) is 8.42 Å². The average Bonchev–Trinajstić information content (AvgIpc) is 4.02. The molecule has 3 aliphatic rings. The Kier molecular flexibility index (Phi) is 18.5. The summed E-state index contributed by atoms with van der Waals surface area (Å²) in [7, 11) is -2.25. The highest BCUT2D eigenvalue weighted by molar-refractivity contribution is 7.86. The molecule has 0 spiro atoms. The van der Waals surface area contributed by atoms with Crippen LogP contribution >= 0.6 is 0 Å². The molecule has 3 heterocycles. The highest BCUT2D eigenvalue weighted by Crippen LogP contribution is 2.28. The number of esters is 1. The Balaban J connectivity index is 0.000000208. The lowest BCUT2D eigenvalue weighted by molar-refractivity contribution is -0.142. The van der Waals surface area contributed by atoms with Crippen LogP contribution in [0.3, 0.4) is 0 Å². The molecular weight excluding hydrogens is 1020 g/mol. The number of amidine groups is 2. The number of hydrogen-bond acceptors (Lipinski definition) is 15. The van der Waals surface area contributed by atoms with Crippen molar-refractivity contribution in [2.75, 3.05) is 82.1 Å². The number of amides is 4. The monoisotopic (exact) mass is 1080 g/mol. The van der Waals surface area contributed by atoms with Crippen molar-refractivity contribution in [3.8, 4) is 0 Å². The van der Waals surface area contributed by atoms with Crippen LogP contribution < -0.4 is 20.4 Å². The van der Waals surface area contributed by atoms with Gasteiger partial charge in [0.15, 0.2) is 0 Å². The van der Waals surface area contributed by atoms with Crippen LogP contribution in [0.15, 0.2) is 170 Å². The molecule has 0 saturated carbocycles. The summed E-state index contributed by atoms with van der Waals surface area (Å²) >= 11 is 0. The molecule has 4 amide bonds. The third kappa shape index (κ3) is 14.9. The second-order valence-electron chi connectivity index (χ2n) is 18.7. The molecule has 0 radical (unpaired) electrons. The molecule has 0 aliphatic carbocycles. The molecule has 6 aromatic rings. The van der Waals surface area contributed by atoms with Crippen LogP contribution in [0.1, 0.15) is 45.2 Å². The molecule has 20 heteroatoms. The number of nitrogens with one attached hydrogen (secondary N) is 4. The van der Waals surface area contributed by atoms with E-state index in [1.54, 1.807) is 53.4 Å². The Bertz CT molecular complexity index is 3090. The maximum absolute atomic E-state index is 13.4. The zero-order valence-electron chi connectivity index (χ0n) is 43.0. The van der Waals surface area contributed by atoms with Crippen molar-refractivity contribution in [3.63, 3.8) is 0 Å². The van der Waals surface area contributed by atoms with Gasteiger partial charge in [-0.05, 0) is 70.8 Å². The van der Waals surface area contributed by atoms with E-state index in [2.05, 4.69) is 20.4 Å². The van der Waals surface area contributed by atoms with E-state index >= 15 is 0 Å². The molecule has 6 aromatic carbocycles. The highest BCUT2D eigenvalue weighted by atomic mass is 32.2. The number of methoxy groups -OCH3 is 1. The number of carbonyl (C=O) groups excluding carboxylic acids is 5. The van der Waals surface area contributed by atoms with Crippen molar-refractivity contribution in [2.24, 2.45) is 0 Å². The van der Waals surface area contributed by atoms with Crippen molar-refractivity contribution in [3.05, 3.63) is 203 Å². The number of piperazine rings is 1. The van der Waals surface area contributed by atoms with Crippen LogP contribution in [-0.2, 0) is 42.9 Å². The zero-order valence-corrected chi connectivity index (χ0v) is 43.8. The van der Waals surface area contributed by atoms with Gasteiger partial charge >= 0.3 is 18.2 Å². The largest absolute Gasteiger partial charge is 0.468 e. The van der Waals surface area contributed by atoms with E-state index in [0.29, 0.717) is 35.6 Å². The van der Waals surface area contributed by atoms with Gasteiger partial charge in [0.25, 0.3) is 10.1 Å². The van der Waals surface area contributed by atoms with Gasteiger partial charge in [0.05, 0.1) is 44.8 Å². The Hall–Kier alpha value is -8.56. The highest BCUT2D eigenvalue weighted by Gasteiger charge is 2.36. The maximum atomic E-state index is 13.4. The number of hydrogen-bond donors (Lipinski definition) is 4. The third-order valence-electron chi connectivity index (χ3n) is 13.2. The number of cyclic esters (lactones) is 2. The van der Waals surface area contributed by atoms with Crippen molar-refractivity contribution in [2.45, 2.75) is 24.0 Å². The van der Waals surface area contributed by atoms with Gasteiger partial charge in [-0.15, -0.1) is 0 Å². The van der Waals surface area contributed by atoms with Gasteiger partial charge in [-0.1, -0.05) is 121 Å². The first-order chi connectivity index (χ1) is 37.6. The minimum atomic E-state index is -3.65. The van der Waals surface area contributed by atoms with E-state index in [9.17, 15) is 32.4 Å². The number of carbonyl (C=O) groups is 5. The molecule has 0 aromatic heterocycles. The summed E-state index contributed by atoms with van der Waals surface area (Å²) in [6.45, 7) is 4.25. The van der Waals surface area contributed by atoms with Crippen molar-refractivity contribution in [1.29, 1.82) is 10.8 Å². The minimum absolute atomic E-state index is 0.0170. The van der Waals surface area contributed by atoms with Gasteiger partial charge in [0, 0.05) is 55.2 Å². The van der Waals surface area contributed by atoms with Crippen LogP contribution in [0.4, 0.5) is 21.0 Å². The molecule has 3 fully saturated rings. The first kappa shape index (κ1) is 55.7. The lowest BCUT2D eigenvalue weighted by Gasteiger charge is -2.34. The SMILES string of the molecule is COC(=O)CN1CCN(CC2CN(c3ccc(C(=N)NC(=O)C(c4ccccc4)c4ccccc4)cc3)C(=O)O2)CC1.CS(=O)(=O)OCC1CN(c2ccc(C(=N)NC(=O)C(c3ccccc3)c3ccccc3)cc2)C(=O)O1. The lowest BCUT2D eigenvalue weighted by atomic mass is 9.90. The fourth-order valence-corrected chi connectivity index (χ4v) is 9.63. The number of ether oxygens (including phenoxy) is 3. The lowest BCUT2D eigenvalue weighted by Crippen LogP contribution is -2.50. The molecule has 2 atom stereocenters. The summed E-state index contributed by atoms with van der Waals surface area (Å²) in [6.07, 6.45) is -1.10. The minimum Gasteiger partial charge on any atom is -0.468 e. The smallest absolute Gasteiger partial charge is 0.414 e. The van der Waals surface area contributed by atoms with Crippen LogP contribution in [0.25, 0.3) is 0 Å². The van der Waals surface area contributed by atoms with E-state index in [4.69, 9.17) is 29.2 Å². The summed E-state index contributed by atoms with van der Waals surface area (Å²) in [4.78, 5) is 70.2. The molecule has 404 valence electrons. The predicted molar refractivity (Wildman–Crippen MR) is 293 cm³/mol. The van der Waals surface area contributed by atoms with Crippen LogP contribution in [0.2, 0.25) is 0 Å². The van der Waals surface area contributed by atoms with Gasteiger partial charge in [0.1, 0.15) is 30.5 Å². The van der Waals surface area contributed by atoms with Crippen LogP contribution in [0, 0.1) is 10.8 Å². The van der Waals surface area contributed by atoms with Gasteiger partial charge in [-0.25, -0.2) is 9.59 Å². The molecule has 3 saturated heterocycles. The average molecular weight is 1080 g/mol. The summed E-state index contributed by atoms with van der Waals surface area (Å²) in [5, 5.41) is 22.5. The summed E-state index contributed by atoms with van der Waals surface area (Å²) in [5.74, 6) is -2.10. The quantitative estimate of drug-likeness (QED) is 0.0257. The standard InChI is InChI=1S/C32H35N5O5.C26H25N3O6S/c1-41-28(38)22-36-18-16-35(17-19-36)20-27-21-37(32(40)42-27)26-14-12-25(13-15-26)30(33)34-31(39)29(23-8-4-2-5-9-23)24-10-6-3-7-11-24;1-36(32,33)34-17-22-16-29(26(31)35-22)21-14-12-20(13-15-21)24(27)28-25(30)23(18-8-4-2-5-9-18)19-10-6-3-7-11-19/h2-15,27,29H,16-22H2,1H3,(H2,33,34,39);2-15,22-23H,16-17H2,1H3,(H2,27,28,30). The van der Waals surface area contributed by atoms with Crippen LogP contribution in [-0.4, -0.2) is 144 Å².